The smallest absolute Gasteiger partial charge is 0.134 e. The zero-order valence-corrected chi connectivity index (χ0v) is 19.3. The lowest BCUT2D eigenvalue weighted by molar-refractivity contribution is 0.192. The Balaban J connectivity index is 1.33. The van der Waals surface area contributed by atoms with E-state index in [4.69, 9.17) is 4.74 Å². The van der Waals surface area contributed by atoms with Crippen LogP contribution in [0.5, 0.6) is 5.75 Å². The molecule has 164 valence electrons. The summed E-state index contributed by atoms with van der Waals surface area (Å²) in [4.78, 5) is 3.92. The minimum atomic E-state index is 0.107. The van der Waals surface area contributed by atoms with Gasteiger partial charge < -0.3 is 15.0 Å². The van der Waals surface area contributed by atoms with Crippen molar-refractivity contribution in [3.63, 3.8) is 0 Å². The van der Waals surface area contributed by atoms with Crippen molar-refractivity contribution in [2.75, 3.05) is 33.2 Å². The third-order valence-corrected chi connectivity index (χ3v) is 7.28. The molecule has 1 saturated heterocycles. The number of nitrogens with zero attached hydrogens (tertiary/aromatic N) is 1. The molecule has 3 aromatic rings. The summed E-state index contributed by atoms with van der Waals surface area (Å²) < 4.78 is 6.56. The van der Waals surface area contributed by atoms with E-state index in [0.717, 1.165) is 31.7 Å². The van der Waals surface area contributed by atoms with Crippen LogP contribution in [0, 0.1) is 0 Å². The van der Waals surface area contributed by atoms with E-state index < -0.39 is 0 Å². The zero-order chi connectivity index (χ0) is 21.3. The molecule has 1 N–H and O–H groups in total. The van der Waals surface area contributed by atoms with E-state index in [2.05, 4.69) is 82.3 Å². The van der Waals surface area contributed by atoms with Crippen molar-refractivity contribution in [3.8, 4) is 5.75 Å². The Bertz CT molecular complexity index is 889. The largest absolute Gasteiger partial charge is 0.485 e. The van der Waals surface area contributed by atoms with Gasteiger partial charge >= 0.3 is 0 Å². The fourth-order valence-electron chi connectivity index (χ4n) is 4.48. The van der Waals surface area contributed by atoms with E-state index in [1.807, 2.05) is 7.05 Å². The standard InChI is InChI=1S/C27H34N2OS/c1-28-17-13-26(27-12-7-21-31-27)30-25-11-6-5-10-24(25)16-20-29-18-14-23(15-19-29)22-8-3-2-4-9-22/h2-12,21,23,26,28H,13-20H2,1H3. The molecule has 1 fully saturated rings. The van der Waals surface area contributed by atoms with Crippen LogP contribution in [-0.2, 0) is 6.42 Å². The summed E-state index contributed by atoms with van der Waals surface area (Å²) in [6.07, 6.45) is 4.63. The van der Waals surface area contributed by atoms with Gasteiger partial charge in [-0.2, -0.15) is 0 Å². The molecule has 0 saturated carbocycles. The lowest BCUT2D eigenvalue weighted by Gasteiger charge is -2.32. The predicted molar refractivity (Wildman–Crippen MR) is 131 cm³/mol. The van der Waals surface area contributed by atoms with Gasteiger partial charge in [0.1, 0.15) is 11.9 Å². The fourth-order valence-corrected chi connectivity index (χ4v) is 5.27. The monoisotopic (exact) mass is 434 g/mol. The number of likely N-dealkylation sites (tertiary alicyclic amines) is 1. The quantitative estimate of drug-likeness (QED) is 0.430. The van der Waals surface area contributed by atoms with Gasteiger partial charge in [0.25, 0.3) is 0 Å². The zero-order valence-electron chi connectivity index (χ0n) is 18.5. The average Bonchev–Trinajstić information content (AvgIpc) is 3.37. The molecule has 0 aliphatic carbocycles. The second kappa shape index (κ2) is 11.5. The molecule has 4 rings (SSSR count). The number of rotatable bonds is 10. The highest BCUT2D eigenvalue weighted by Crippen LogP contribution is 2.31. The van der Waals surface area contributed by atoms with Crippen molar-refractivity contribution >= 4 is 11.3 Å². The number of benzene rings is 2. The first kappa shape index (κ1) is 22.1. The van der Waals surface area contributed by atoms with Gasteiger partial charge in [0.05, 0.1) is 0 Å². The molecule has 0 radical (unpaired) electrons. The van der Waals surface area contributed by atoms with Crippen molar-refractivity contribution in [2.24, 2.45) is 0 Å². The van der Waals surface area contributed by atoms with Gasteiger partial charge in [-0.3, -0.25) is 0 Å². The summed E-state index contributed by atoms with van der Waals surface area (Å²) in [6.45, 7) is 4.41. The van der Waals surface area contributed by atoms with Crippen molar-refractivity contribution in [1.82, 2.24) is 10.2 Å². The first-order valence-electron chi connectivity index (χ1n) is 11.5. The fraction of sp³-hybridized carbons (Fsp3) is 0.407. The van der Waals surface area contributed by atoms with E-state index >= 15 is 0 Å². The van der Waals surface area contributed by atoms with Crippen molar-refractivity contribution in [2.45, 2.75) is 37.7 Å². The van der Waals surface area contributed by atoms with Gasteiger partial charge in [-0.1, -0.05) is 54.6 Å². The number of nitrogens with one attached hydrogen (secondary N) is 1. The van der Waals surface area contributed by atoms with Crippen molar-refractivity contribution in [1.29, 1.82) is 0 Å². The molecule has 1 aromatic heterocycles. The molecule has 1 atom stereocenters. The Morgan fingerprint density at radius 2 is 1.77 bits per heavy atom. The molecule has 1 aliphatic rings. The Labute approximate surface area is 191 Å². The second-order valence-corrected chi connectivity index (χ2v) is 9.38. The third kappa shape index (κ3) is 6.19. The molecule has 4 heteroatoms. The Morgan fingerprint density at radius 3 is 2.52 bits per heavy atom. The van der Waals surface area contributed by atoms with Crippen LogP contribution in [0.1, 0.15) is 47.3 Å². The van der Waals surface area contributed by atoms with Crippen LogP contribution in [0.15, 0.2) is 72.1 Å². The highest BCUT2D eigenvalue weighted by molar-refractivity contribution is 7.10. The first-order chi connectivity index (χ1) is 15.3. The average molecular weight is 435 g/mol. The maximum Gasteiger partial charge on any atom is 0.134 e. The van der Waals surface area contributed by atoms with Crippen LogP contribution in [0.3, 0.4) is 0 Å². The highest BCUT2D eigenvalue weighted by Gasteiger charge is 2.21. The molecule has 0 spiro atoms. The number of para-hydroxylation sites is 1. The van der Waals surface area contributed by atoms with E-state index in [1.54, 1.807) is 11.3 Å². The van der Waals surface area contributed by atoms with Crippen LogP contribution in [0.2, 0.25) is 0 Å². The molecular weight excluding hydrogens is 400 g/mol. The van der Waals surface area contributed by atoms with Gasteiger partial charge in [0, 0.05) is 17.8 Å². The van der Waals surface area contributed by atoms with Crippen LogP contribution >= 0.6 is 11.3 Å². The topological polar surface area (TPSA) is 24.5 Å². The Morgan fingerprint density at radius 1 is 1.00 bits per heavy atom. The van der Waals surface area contributed by atoms with Crippen LogP contribution < -0.4 is 10.1 Å². The molecule has 31 heavy (non-hydrogen) atoms. The number of piperidine rings is 1. The number of thiophene rings is 1. The van der Waals surface area contributed by atoms with Gasteiger partial charge in [-0.15, -0.1) is 11.3 Å². The van der Waals surface area contributed by atoms with E-state index in [9.17, 15) is 0 Å². The van der Waals surface area contributed by atoms with Crippen LogP contribution in [-0.4, -0.2) is 38.1 Å². The lowest BCUT2D eigenvalue weighted by atomic mass is 9.89. The van der Waals surface area contributed by atoms with Crippen molar-refractivity contribution < 1.29 is 4.74 Å². The Kier molecular flexibility index (Phi) is 8.17. The molecule has 2 aromatic carbocycles. The molecule has 1 aliphatic heterocycles. The number of hydrogen-bond donors (Lipinski definition) is 1. The Hall–Kier alpha value is -2.14. The molecule has 0 amide bonds. The summed E-state index contributed by atoms with van der Waals surface area (Å²) >= 11 is 1.78. The summed E-state index contributed by atoms with van der Waals surface area (Å²) in [7, 11) is 2.00. The first-order valence-corrected chi connectivity index (χ1v) is 12.4. The minimum absolute atomic E-state index is 0.107. The molecule has 3 nitrogen and oxygen atoms in total. The minimum Gasteiger partial charge on any atom is -0.485 e. The van der Waals surface area contributed by atoms with Gasteiger partial charge in [0.2, 0.25) is 0 Å². The predicted octanol–water partition coefficient (Wildman–Crippen LogP) is 5.90. The van der Waals surface area contributed by atoms with E-state index in [0.29, 0.717) is 5.92 Å². The lowest BCUT2D eigenvalue weighted by Crippen LogP contribution is -2.34. The normalized spacial score (nSPS) is 16.3. The van der Waals surface area contributed by atoms with Gasteiger partial charge in [-0.05, 0) is 80.5 Å². The molecular formula is C27H34N2OS. The molecule has 1 unspecified atom stereocenters. The molecule has 0 bridgehead atoms. The second-order valence-electron chi connectivity index (χ2n) is 8.40. The SMILES string of the molecule is CNCCC(Oc1ccccc1CCN1CCC(c2ccccc2)CC1)c1cccs1. The summed E-state index contributed by atoms with van der Waals surface area (Å²) in [5.74, 6) is 1.75. The van der Waals surface area contributed by atoms with Crippen molar-refractivity contribution in [3.05, 3.63) is 88.1 Å². The number of ether oxygens (including phenoxy) is 1. The maximum atomic E-state index is 6.56. The number of hydrogen-bond acceptors (Lipinski definition) is 4. The summed E-state index contributed by atoms with van der Waals surface area (Å²) in [5, 5.41) is 5.40. The summed E-state index contributed by atoms with van der Waals surface area (Å²) in [6, 6.07) is 23.9. The van der Waals surface area contributed by atoms with Gasteiger partial charge in [0.15, 0.2) is 0 Å². The van der Waals surface area contributed by atoms with Crippen LogP contribution in [0.4, 0.5) is 0 Å². The third-order valence-electron chi connectivity index (χ3n) is 6.31. The maximum absolute atomic E-state index is 6.56. The van der Waals surface area contributed by atoms with Crippen LogP contribution in [0.25, 0.3) is 0 Å². The van der Waals surface area contributed by atoms with E-state index in [-0.39, 0.29) is 6.10 Å². The van der Waals surface area contributed by atoms with Gasteiger partial charge in [-0.25, -0.2) is 0 Å². The van der Waals surface area contributed by atoms with E-state index in [1.165, 1.54) is 41.9 Å². The molecule has 2 heterocycles. The highest BCUT2D eigenvalue weighted by atomic mass is 32.1. The summed E-state index contributed by atoms with van der Waals surface area (Å²) in [5.41, 5.74) is 2.82.